The number of rotatable bonds is 4. The highest BCUT2D eigenvalue weighted by molar-refractivity contribution is 6.21. The van der Waals surface area contributed by atoms with Gasteiger partial charge in [0.1, 0.15) is 5.76 Å². The topological polar surface area (TPSA) is 75.6 Å². The molecule has 5 nitrogen and oxygen atoms in total. The number of aliphatic hydroxyl groups is 1. The van der Waals surface area contributed by atoms with Crippen molar-refractivity contribution in [1.82, 2.24) is 5.32 Å². The summed E-state index contributed by atoms with van der Waals surface area (Å²) in [6.45, 7) is 7.63. The minimum absolute atomic E-state index is 0.0303. The molecule has 6 atom stereocenters. The summed E-state index contributed by atoms with van der Waals surface area (Å²) in [5.74, 6) is 0.0466. The highest BCUT2D eigenvalue weighted by atomic mass is 16.5. The molecule has 2 N–H and O–H groups in total. The summed E-state index contributed by atoms with van der Waals surface area (Å²) in [5, 5.41) is 14.1. The molecular weight excluding hydrogens is 426 g/mol. The molecule has 1 aliphatic heterocycles. The summed E-state index contributed by atoms with van der Waals surface area (Å²) in [5.41, 5.74) is 4.90. The quantitative estimate of drug-likeness (QED) is 0.682. The third kappa shape index (κ3) is 3.17. The van der Waals surface area contributed by atoms with Crippen LogP contribution in [0.3, 0.4) is 0 Å². The van der Waals surface area contributed by atoms with Crippen molar-refractivity contribution in [1.29, 1.82) is 0 Å². The third-order valence-electron chi connectivity index (χ3n) is 8.62. The molecule has 0 saturated carbocycles. The standard InChI is InChI=1S/C29H33NO4/c1-15-11-19-13-22-21(14-20(19)25(17(3)31)26(15)32)24-16(2)29(4,27(22)34-5)28(33)30-23(24)12-18-9-7-6-8-10-18/h6-10,13-16,23-24,27,32H,11-12H2,1-5H3,(H,30,33)/t15-,16-,23+,24-,27+,29+/m0/s1. The van der Waals surface area contributed by atoms with Crippen LogP contribution in [0, 0.1) is 17.3 Å². The smallest absolute Gasteiger partial charge is 0.229 e. The zero-order valence-corrected chi connectivity index (χ0v) is 20.5. The Morgan fingerprint density at radius 2 is 1.88 bits per heavy atom. The molecule has 3 aliphatic rings. The van der Waals surface area contributed by atoms with Gasteiger partial charge < -0.3 is 15.2 Å². The summed E-state index contributed by atoms with van der Waals surface area (Å²) in [6, 6.07) is 14.4. The largest absolute Gasteiger partial charge is 0.511 e. The monoisotopic (exact) mass is 459 g/mol. The van der Waals surface area contributed by atoms with Gasteiger partial charge in [0.15, 0.2) is 5.78 Å². The third-order valence-corrected chi connectivity index (χ3v) is 8.62. The van der Waals surface area contributed by atoms with Crippen molar-refractivity contribution in [3.63, 3.8) is 0 Å². The SMILES string of the molecule is CO[C@@H]1c2cc3c(cc2[C@H]2[C@@H](Cc4ccccc4)NC(=O)[C@]1(C)[C@H]2C)C(C(C)=O)=C(O)[C@@H](C)C3. The van der Waals surface area contributed by atoms with Crippen LogP contribution in [0.5, 0.6) is 0 Å². The first-order valence-electron chi connectivity index (χ1n) is 12.2. The Bertz CT molecular complexity index is 1200. The van der Waals surface area contributed by atoms with Gasteiger partial charge in [-0.05, 0) is 66.5 Å². The lowest BCUT2D eigenvalue weighted by Crippen LogP contribution is -2.62. The molecule has 5 heteroatoms. The lowest BCUT2D eigenvalue weighted by atomic mass is 9.54. The van der Waals surface area contributed by atoms with Crippen molar-refractivity contribution >= 4 is 17.3 Å². The highest BCUT2D eigenvalue weighted by Crippen LogP contribution is 2.58. The molecule has 0 radical (unpaired) electrons. The Morgan fingerprint density at radius 1 is 1.18 bits per heavy atom. The van der Waals surface area contributed by atoms with Crippen molar-refractivity contribution in [3.8, 4) is 0 Å². The number of hydrogen-bond acceptors (Lipinski definition) is 4. The number of fused-ring (bicyclic) bond motifs is 5. The van der Waals surface area contributed by atoms with Crippen LogP contribution in [-0.4, -0.2) is 29.9 Å². The van der Waals surface area contributed by atoms with Crippen molar-refractivity contribution in [3.05, 3.63) is 76.0 Å². The summed E-state index contributed by atoms with van der Waals surface area (Å²) in [4.78, 5) is 26.2. The Labute approximate surface area is 201 Å². The number of allylic oxidation sites excluding steroid dienone is 2. The van der Waals surface area contributed by atoms with E-state index in [-0.39, 0.29) is 47.3 Å². The number of amides is 1. The van der Waals surface area contributed by atoms with Gasteiger partial charge >= 0.3 is 0 Å². The van der Waals surface area contributed by atoms with Gasteiger partial charge in [0.05, 0.1) is 17.1 Å². The van der Waals surface area contributed by atoms with Gasteiger partial charge in [-0.25, -0.2) is 0 Å². The first kappa shape index (κ1) is 22.9. The van der Waals surface area contributed by atoms with Gasteiger partial charge in [-0.2, -0.15) is 0 Å². The van der Waals surface area contributed by atoms with Gasteiger partial charge in [-0.15, -0.1) is 0 Å². The van der Waals surface area contributed by atoms with Gasteiger partial charge in [0.25, 0.3) is 0 Å². The maximum Gasteiger partial charge on any atom is 0.229 e. The van der Waals surface area contributed by atoms with Crippen LogP contribution in [0.2, 0.25) is 0 Å². The van der Waals surface area contributed by atoms with E-state index in [1.54, 1.807) is 7.11 Å². The van der Waals surface area contributed by atoms with Gasteiger partial charge in [0, 0.05) is 25.0 Å². The summed E-state index contributed by atoms with van der Waals surface area (Å²) in [6.07, 6.45) is 0.995. The first-order chi connectivity index (χ1) is 16.2. The predicted molar refractivity (Wildman–Crippen MR) is 131 cm³/mol. The molecule has 1 amide bonds. The molecule has 2 aliphatic carbocycles. The van der Waals surface area contributed by atoms with E-state index in [1.165, 1.54) is 12.5 Å². The number of carbonyl (C=O) groups is 2. The molecule has 0 aromatic heterocycles. The normalized spacial score (nSPS) is 32.0. The van der Waals surface area contributed by atoms with Crippen molar-refractivity contribution in [2.24, 2.45) is 17.3 Å². The van der Waals surface area contributed by atoms with Crippen LogP contribution in [-0.2, 0) is 27.2 Å². The Morgan fingerprint density at radius 3 is 2.53 bits per heavy atom. The lowest BCUT2D eigenvalue weighted by Gasteiger charge is -2.55. The van der Waals surface area contributed by atoms with Crippen LogP contribution in [0.4, 0.5) is 0 Å². The molecule has 5 rings (SSSR count). The second-order valence-corrected chi connectivity index (χ2v) is 10.5. The maximum atomic E-state index is 13.6. The van der Waals surface area contributed by atoms with Crippen LogP contribution >= 0.6 is 0 Å². The van der Waals surface area contributed by atoms with E-state index < -0.39 is 5.41 Å². The number of carbonyl (C=O) groups excluding carboxylic acids is 2. The Kier molecular flexibility index (Phi) is 5.44. The lowest BCUT2D eigenvalue weighted by molar-refractivity contribution is -0.155. The molecule has 2 bridgehead atoms. The summed E-state index contributed by atoms with van der Waals surface area (Å²) < 4.78 is 6.02. The number of nitrogens with one attached hydrogen (secondary N) is 1. The number of benzene rings is 2. The van der Waals surface area contributed by atoms with Crippen LogP contribution in [0.1, 0.15) is 67.5 Å². The molecule has 1 saturated heterocycles. The van der Waals surface area contributed by atoms with E-state index in [0.29, 0.717) is 12.0 Å². The Hall–Kier alpha value is -2.92. The fourth-order valence-electron chi connectivity index (χ4n) is 6.71. The van der Waals surface area contributed by atoms with Crippen molar-refractivity contribution in [2.45, 2.75) is 58.6 Å². The minimum Gasteiger partial charge on any atom is -0.511 e. The minimum atomic E-state index is -0.699. The van der Waals surface area contributed by atoms with E-state index in [0.717, 1.165) is 28.7 Å². The zero-order chi connectivity index (χ0) is 24.4. The number of piperidine rings is 1. The van der Waals surface area contributed by atoms with Crippen molar-refractivity contribution in [2.75, 3.05) is 7.11 Å². The number of aliphatic hydroxyl groups excluding tert-OH is 1. The number of ketones is 1. The maximum absolute atomic E-state index is 13.6. The average Bonchev–Trinajstić information content (AvgIpc) is 2.79. The summed E-state index contributed by atoms with van der Waals surface area (Å²) >= 11 is 0. The number of Topliss-reactive ketones (excluding diaryl/α,β-unsaturated/α-hetero) is 1. The Balaban J connectivity index is 1.72. The van der Waals surface area contributed by atoms with E-state index >= 15 is 0 Å². The van der Waals surface area contributed by atoms with Gasteiger partial charge in [-0.1, -0.05) is 50.2 Å². The zero-order valence-electron chi connectivity index (χ0n) is 20.5. The van der Waals surface area contributed by atoms with E-state index in [2.05, 4.69) is 36.5 Å². The van der Waals surface area contributed by atoms with Crippen LogP contribution < -0.4 is 5.32 Å². The second kappa shape index (κ2) is 8.09. The van der Waals surface area contributed by atoms with Crippen LogP contribution in [0.25, 0.3) is 5.57 Å². The number of ether oxygens (including phenoxy) is 1. The molecule has 178 valence electrons. The average molecular weight is 460 g/mol. The number of hydrogen-bond donors (Lipinski definition) is 2. The molecule has 2 aromatic rings. The molecule has 0 unspecified atom stereocenters. The first-order valence-corrected chi connectivity index (χ1v) is 12.2. The molecule has 34 heavy (non-hydrogen) atoms. The summed E-state index contributed by atoms with van der Waals surface area (Å²) in [7, 11) is 1.67. The predicted octanol–water partition coefficient (Wildman–Crippen LogP) is 4.91. The van der Waals surface area contributed by atoms with E-state index in [9.17, 15) is 14.7 Å². The van der Waals surface area contributed by atoms with E-state index in [4.69, 9.17) is 4.74 Å². The second-order valence-electron chi connectivity index (χ2n) is 10.5. The molecule has 0 spiro atoms. The van der Waals surface area contributed by atoms with E-state index in [1.807, 2.05) is 32.0 Å². The fraction of sp³-hybridized carbons (Fsp3) is 0.448. The van der Waals surface area contributed by atoms with Gasteiger partial charge in [0.2, 0.25) is 5.91 Å². The number of methoxy groups -OCH3 is 1. The molecule has 1 heterocycles. The van der Waals surface area contributed by atoms with Crippen molar-refractivity contribution < 1.29 is 19.4 Å². The molecule has 2 aromatic carbocycles. The molecule has 1 fully saturated rings. The fourth-order valence-corrected chi connectivity index (χ4v) is 6.71. The van der Waals surface area contributed by atoms with Crippen LogP contribution in [0.15, 0.2) is 48.2 Å². The molecular formula is C29H33NO4. The highest BCUT2D eigenvalue weighted by Gasteiger charge is 2.59. The van der Waals surface area contributed by atoms with Gasteiger partial charge in [-0.3, -0.25) is 9.59 Å².